The maximum atomic E-state index is 10.9. The molecule has 0 unspecified atom stereocenters. The molecule has 2 rings (SSSR count). The van der Waals surface area contributed by atoms with Crippen LogP contribution in [0.1, 0.15) is 10.5 Å². The van der Waals surface area contributed by atoms with Gasteiger partial charge in [0.1, 0.15) is 10.6 Å². The molecule has 0 saturated carbocycles. The van der Waals surface area contributed by atoms with Crippen molar-refractivity contribution < 1.29 is 14.3 Å². The second-order valence-corrected chi connectivity index (χ2v) is 5.61. The second-order valence-electron chi connectivity index (χ2n) is 2.55. The third-order valence-electron chi connectivity index (χ3n) is 1.60. The number of carbonyl (C=O) groups is 1. The summed E-state index contributed by atoms with van der Waals surface area (Å²) in [5, 5.41) is 8.92. The third-order valence-corrected chi connectivity index (χ3v) is 3.55. The Hall–Kier alpha value is -0.660. The maximum Gasteiger partial charge on any atom is 0.356 e. The molecule has 15 heavy (non-hydrogen) atoms. The van der Waals surface area contributed by atoms with Gasteiger partial charge in [0, 0.05) is 0 Å². The summed E-state index contributed by atoms with van der Waals surface area (Å²) >= 11 is 7.52. The van der Waals surface area contributed by atoms with Gasteiger partial charge in [-0.15, -0.1) is 11.3 Å². The molecule has 0 fully saturated rings. The Kier molecular flexibility index (Phi) is 2.94. The van der Waals surface area contributed by atoms with Crippen LogP contribution in [-0.2, 0) is 0 Å². The quantitative estimate of drug-likeness (QED) is 0.896. The van der Waals surface area contributed by atoms with Crippen LogP contribution in [0.25, 0.3) is 10.6 Å². The number of rotatable bonds is 2. The summed E-state index contributed by atoms with van der Waals surface area (Å²) in [6.07, 6.45) is 0. The van der Waals surface area contributed by atoms with Gasteiger partial charge in [0.2, 0.25) is 0 Å². The summed E-state index contributed by atoms with van der Waals surface area (Å²) < 4.78 is 6.35. The zero-order valence-electron chi connectivity index (χ0n) is 7.03. The molecule has 0 atom stereocenters. The predicted octanol–water partition coefficient (Wildman–Crippen LogP) is 3.63. The van der Waals surface area contributed by atoms with Gasteiger partial charge >= 0.3 is 5.97 Å². The molecule has 0 aromatic carbocycles. The van der Waals surface area contributed by atoms with Crippen molar-refractivity contribution in [3.63, 3.8) is 0 Å². The lowest BCUT2D eigenvalue weighted by atomic mass is 10.3. The van der Waals surface area contributed by atoms with Crippen LogP contribution in [-0.4, -0.2) is 16.1 Å². The van der Waals surface area contributed by atoms with Crippen molar-refractivity contribution in [1.82, 2.24) is 4.98 Å². The molecule has 78 valence electrons. The number of carboxylic acid groups (broad SMARTS) is 1. The summed E-state index contributed by atoms with van der Waals surface area (Å²) in [5.41, 5.74) is -0.00581. The normalized spacial score (nSPS) is 10.5. The molecule has 4 nitrogen and oxygen atoms in total. The standard InChI is InChI=1S/C8H3Br2NO3S/c9-4-2-1-3(14-4)6-5(7(12)13)11-8(10)15-6/h1-2H,(H,12,13). The second kappa shape index (κ2) is 4.07. The van der Waals surface area contributed by atoms with Crippen molar-refractivity contribution in [2.24, 2.45) is 0 Å². The summed E-state index contributed by atoms with van der Waals surface area (Å²) in [5.74, 6) is -0.582. The zero-order chi connectivity index (χ0) is 11.0. The minimum atomic E-state index is -1.07. The fourth-order valence-electron chi connectivity index (χ4n) is 1.04. The Morgan fingerprint density at radius 1 is 1.47 bits per heavy atom. The molecule has 0 saturated heterocycles. The highest BCUT2D eigenvalue weighted by atomic mass is 79.9. The Bertz CT molecular complexity index is 520. The van der Waals surface area contributed by atoms with Gasteiger partial charge in [-0.25, -0.2) is 9.78 Å². The minimum absolute atomic E-state index is 0.00581. The zero-order valence-corrected chi connectivity index (χ0v) is 11.0. The van der Waals surface area contributed by atoms with Crippen molar-refractivity contribution in [3.05, 3.63) is 26.4 Å². The van der Waals surface area contributed by atoms with E-state index in [1.807, 2.05) is 0 Å². The fourth-order valence-corrected chi connectivity index (χ4v) is 2.76. The van der Waals surface area contributed by atoms with Crippen molar-refractivity contribution in [3.8, 4) is 10.6 Å². The van der Waals surface area contributed by atoms with Crippen molar-refractivity contribution in [2.75, 3.05) is 0 Å². The van der Waals surface area contributed by atoms with E-state index in [-0.39, 0.29) is 5.69 Å². The summed E-state index contributed by atoms with van der Waals surface area (Å²) in [4.78, 5) is 15.2. The van der Waals surface area contributed by atoms with Gasteiger partial charge < -0.3 is 9.52 Å². The van der Waals surface area contributed by atoms with E-state index in [1.165, 1.54) is 11.3 Å². The molecule has 0 aliphatic heterocycles. The molecule has 2 heterocycles. The highest BCUT2D eigenvalue weighted by Gasteiger charge is 2.20. The van der Waals surface area contributed by atoms with Crippen LogP contribution in [0.15, 0.2) is 25.1 Å². The van der Waals surface area contributed by atoms with Crippen LogP contribution in [0.3, 0.4) is 0 Å². The summed E-state index contributed by atoms with van der Waals surface area (Å²) in [6.45, 7) is 0. The maximum absolute atomic E-state index is 10.9. The molecule has 2 aromatic rings. The molecule has 7 heteroatoms. The van der Waals surface area contributed by atoms with Crippen LogP contribution in [0.2, 0.25) is 0 Å². The minimum Gasteiger partial charge on any atom is -0.476 e. The Morgan fingerprint density at radius 2 is 2.20 bits per heavy atom. The monoisotopic (exact) mass is 351 g/mol. The van der Waals surface area contributed by atoms with Crippen LogP contribution in [0.5, 0.6) is 0 Å². The molecule has 0 aliphatic rings. The van der Waals surface area contributed by atoms with Gasteiger partial charge in [0.05, 0.1) is 0 Å². The molecule has 0 aliphatic carbocycles. The molecule has 0 radical (unpaired) electrons. The van der Waals surface area contributed by atoms with E-state index in [1.54, 1.807) is 12.1 Å². The summed E-state index contributed by atoms with van der Waals surface area (Å²) in [7, 11) is 0. The first-order valence-electron chi connectivity index (χ1n) is 3.73. The number of hydrogen-bond donors (Lipinski definition) is 1. The van der Waals surface area contributed by atoms with Crippen molar-refractivity contribution in [2.45, 2.75) is 0 Å². The molecule has 0 spiro atoms. The van der Waals surface area contributed by atoms with Gasteiger partial charge in [0.15, 0.2) is 14.3 Å². The number of furan rings is 1. The van der Waals surface area contributed by atoms with Gasteiger partial charge in [0.25, 0.3) is 0 Å². The molecule has 0 amide bonds. The van der Waals surface area contributed by atoms with E-state index in [0.29, 0.717) is 19.2 Å². The number of nitrogens with zero attached hydrogens (tertiary/aromatic N) is 1. The highest BCUT2D eigenvalue weighted by molar-refractivity contribution is 9.11. The van der Waals surface area contributed by atoms with E-state index in [0.717, 1.165) is 0 Å². The average molecular weight is 353 g/mol. The number of halogens is 2. The van der Waals surface area contributed by atoms with Crippen LogP contribution in [0.4, 0.5) is 0 Å². The Balaban J connectivity index is 2.56. The number of thiazole rings is 1. The lowest BCUT2D eigenvalue weighted by molar-refractivity contribution is 0.0692. The Morgan fingerprint density at radius 3 is 2.73 bits per heavy atom. The molecular formula is C8H3Br2NO3S. The fraction of sp³-hybridized carbons (Fsp3) is 0. The number of aromatic nitrogens is 1. The van der Waals surface area contributed by atoms with E-state index >= 15 is 0 Å². The molecule has 0 bridgehead atoms. The Labute approximate surface area is 105 Å². The highest BCUT2D eigenvalue weighted by Crippen LogP contribution is 2.35. The average Bonchev–Trinajstić information content (AvgIpc) is 2.71. The van der Waals surface area contributed by atoms with Gasteiger partial charge in [-0.2, -0.15) is 0 Å². The van der Waals surface area contributed by atoms with Crippen LogP contribution < -0.4 is 0 Å². The smallest absolute Gasteiger partial charge is 0.356 e. The van der Waals surface area contributed by atoms with Gasteiger partial charge in [-0.3, -0.25) is 0 Å². The van der Waals surface area contributed by atoms with Crippen molar-refractivity contribution in [1.29, 1.82) is 0 Å². The van der Waals surface area contributed by atoms with Crippen LogP contribution >= 0.6 is 43.2 Å². The van der Waals surface area contributed by atoms with Crippen molar-refractivity contribution >= 4 is 49.2 Å². The summed E-state index contributed by atoms with van der Waals surface area (Å²) in [6, 6.07) is 3.39. The van der Waals surface area contributed by atoms with E-state index in [4.69, 9.17) is 9.52 Å². The number of carboxylic acids is 1. The molecule has 2 aromatic heterocycles. The SMILES string of the molecule is O=C(O)c1nc(Br)sc1-c1ccc(Br)o1. The topological polar surface area (TPSA) is 63.3 Å². The first-order chi connectivity index (χ1) is 7.08. The lowest BCUT2D eigenvalue weighted by Gasteiger charge is -1.92. The molecular weight excluding hydrogens is 350 g/mol. The number of hydrogen-bond acceptors (Lipinski definition) is 4. The van der Waals surface area contributed by atoms with Gasteiger partial charge in [-0.1, -0.05) is 0 Å². The lowest BCUT2D eigenvalue weighted by Crippen LogP contribution is -1.97. The molecule has 1 N–H and O–H groups in total. The largest absolute Gasteiger partial charge is 0.476 e. The number of aromatic carboxylic acids is 1. The predicted molar refractivity (Wildman–Crippen MR) is 62.2 cm³/mol. The van der Waals surface area contributed by atoms with E-state index < -0.39 is 5.97 Å². The van der Waals surface area contributed by atoms with E-state index in [2.05, 4.69) is 36.8 Å². The third kappa shape index (κ3) is 2.14. The van der Waals surface area contributed by atoms with E-state index in [9.17, 15) is 4.79 Å². The van der Waals surface area contributed by atoms with Gasteiger partial charge in [-0.05, 0) is 44.0 Å². The van der Waals surface area contributed by atoms with Crippen LogP contribution in [0, 0.1) is 0 Å². The first-order valence-corrected chi connectivity index (χ1v) is 6.13. The first kappa shape index (κ1) is 10.8.